The number of aromatic nitrogens is 3. The fourth-order valence-corrected chi connectivity index (χ4v) is 1.23. The minimum absolute atomic E-state index is 0.254. The Morgan fingerprint density at radius 2 is 2.12 bits per heavy atom. The maximum atomic E-state index is 12.3. The summed E-state index contributed by atoms with van der Waals surface area (Å²) in [6.07, 6.45) is 0.402. The molecule has 4 nitrogen and oxygen atoms in total. The Bertz CT molecular complexity index is 467. The number of methoxy groups -OCH3 is 1. The van der Waals surface area contributed by atoms with E-state index in [0.717, 1.165) is 0 Å². The van der Waals surface area contributed by atoms with E-state index in [2.05, 4.69) is 10.1 Å². The van der Waals surface area contributed by atoms with E-state index in [-0.39, 0.29) is 5.69 Å². The van der Waals surface area contributed by atoms with Crippen molar-refractivity contribution >= 4 is 0 Å². The second kappa shape index (κ2) is 4.26. The Hall–Kier alpha value is -1.98. The molecule has 2 aromatic heterocycles. The van der Waals surface area contributed by atoms with Gasteiger partial charge in [0.1, 0.15) is 5.69 Å². The van der Waals surface area contributed by atoms with Crippen LogP contribution in [0.4, 0.5) is 8.78 Å². The highest BCUT2D eigenvalue weighted by molar-refractivity contribution is 5.30. The molecule has 16 heavy (non-hydrogen) atoms. The number of hydrogen-bond acceptors (Lipinski definition) is 3. The van der Waals surface area contributed by atoms with Crippen molar-refractivity contribution in [3.05, 3.63) is 36.3 Å². The first kappa shape index (κ1) is 10.5. The summed E-state index contributed by atoms with van der Waals surface area (Å²) in [6.45, 7) is 0. The molecule has 0 radical (unpaired) electrons. The van der Waals surface area contributed by atoms with Crippen LogP contribution in [-0.4, -0.2) is 21.9 Å². The van der Waals surface area contributed by atoms with Crippen molar-refractivity contribution in [2.75, 3.05) is 7.11 Å². The smallest absolute Gasteiger partial charge is 0.282 e. The van der Waals surface area contributed by atoms with Gasteiger partial charge in [0.25, 0.3) is 6.43 Å². The molecule has 0 N–H and O–H groups in total. The Morgan fingerprint density at radius 3 is 2.62 bits per heavy atom. The molecule has 0 fully saturated rings. The average molecular weight is 225 g/mol. The van der Waals surface area contributed by atoms with Crippen molar-refractivity contribution < 1.29 is 13.5 Å². The summed E-state index contributed by atoms with van der Waals surface area (Å²) in [5.41, 5.74) is 0.350. The van der Waals surface area contributed by atoms with Crippen LogP contribution in [-0.2, 0) is 0 Å². The molecule has 0 aliphatic carbocycles. The molecular formula is C10H9F2N3O. The third-order valence-electron chi connectivity index (χ3n) is 2.03. The molecule has 6 heteroatoms. The number of halogens is 2. The number of ether oxygens (including phenoxy) is 1. The summed E-state index contributed by atoms with van der Waals surface area (Å²) in [5, 5.41) is 3.72. The lowest BCUT2D eigenvalue weighted by molar-refractivity contribution is 0.145. The van der Waals surface area contributed by atoms with E-state index >= 15 is 0 Å². The van der Waals surface area contributed by atoms with Gasteiger partial charge in [0, 0.05) is 12.3 Å². The molecule has 2 aromatic rings. The molecular weight excluding hydrogens is 216 g/mol. The number of alkyl halides is 2. The van der Waals surface area contributed by atoms with Gasteiger partial charge in [0.15, 0.2) is 0 Å². The van der Waals surface area contributed by atoms with Crippen LogP contribution >= 0.6 is 0 Å². The van der Waals surface area contributed by atoms with E-state index in [4.69, 9.17) is 4.74 Å². The molecule has 2 heterocycles. The van der Waals surface area contributed by atoms with Crippen molar-refractivity contribution in [3.8, 4) is 11.6 Å². The Morgan fingerprint density at radius 1 is 1.31 bits per heavy atom. The number of rotatable bonds is 3. The van der Waals surface area contributed by atoms with Crippen LogP contribution in [0, 0.1) is 0 Å². The minimum atomic E-state index is -2.56. The van der Waals surface area contributed by atoms with Crippen molar-refractivity contribution in [3.63, 3.8) is 0 Å². The Labute approximate surface area is 90.5 Å². The zero-order valence-corrected chi connectivity index (χ0v) is 8.47. The summed E-state index contributed by atoms with van der Waals surface area (Å²) in [5.74, 6) is 0.463. The van der Waals surface area contributed by atoms with Crippen LogP contribution < -0.4 is 4.74 Å². The normalized spacial score (nSPS) is 10.8. The third-order valence-corrected chi connectivity index (χ3v) is 2.03. The number of nitrogens with zero attached hydrogens (tertiary/aromatic N) is 3. The first-order valence-corrected chi connectivity index (χ1v) is 4.55. The molecule has 2 rings (SSSR count). The van der Waals surface area contributed by atoms with Gasteiger partial charge in [-0.25, -0.2) is 18.4 Å². The van der Waals surface area contributed by atoms with E-state index in [9.17, 15) is 8.78 Å². The standard InChI is InChI=1S/C10H9F2N3O/c1-16-9-3-2-7(6-13-9)15-5-4-8(14-15)10(11)12/h2-6,10H,1H3. The van der Waals surface area contributed by atoms with E-state index < -0.39 is 6.43 Å². The summed E-state index contributed by atoms with van der Waals surface area (Å²) >= 11 is 0. The first-order chi connectivity index (χ1) is 7.70. The predicted molar refractivity (Wildman–Crippen MR) is 52.9 cm³/mol. The molecule has 0 amide bonds. The lowest BCUT2D eigenvalue weighted by atomic mass is 10.4. The van der Waals surface area contributed by atoms with Crippen molar-refractivity contribution in [2.45, 2.75) is 6.43 Å². The highest BCUT2D eigenvalue weighted by Crippen LogP contribution is 2.17. The van der Waals surface area contributed by atoms with Crippen molar-refractivity contribution in [1.82, 2.24) is 14.8 Å². The van der Waals surface area contributed by atoms with E-state index in [1.54, 1.807) is 12.1 Å². The topological polar surface area (TPSA) is 39.9 Å². The number of pyridine rings is 1. The van der Waals surface area contributed by atoms with E-state index in [1.165, 1.54) is 30.3 Å². The van der Waals surface area contributed by atoms with Crippen LogP contribution in [0.5, 0.6) is 5.88 Å². The average Bonchev–Trinajstić information content (AvgIpc) is 2.78. The lowest BCUT2D eigenvalue weighted by Crippen LogP contribution is -1.97. The summed E-state index contributed by atoms with van der Waals surface area (Å²) in [4.78, 5) is 3.96. The summed E-state index contributed by atoms with van der Waals surface area (Å²) < 4.78 is 30.8. The van der Waals surface area contributed by atoms with Gasteiger partial charge in [0.2, 0.25) is 5.88 Å². The minimum Gasteiger partial charge on any atom is -0.481 e. The molecule has 0 aliphatic rings. The number of hydrogen-bond donors (Lipinski definition) is 0. The fourth-order valence-electron chi connectivity index (χ4n) is 1.23. The zero-order valence-electron chi connectivity index (χ0n) is 8.47. The fraction of sp³-hybridized carbons (Fsp3) is 0.200. The molecule has 0 saturated heterocycles. The summed E-state index contributed by atoms with van der Waals surface area (Å²) in [6, 6.07) is 4.60. The highest BCUT2D eigenvalue weighted by Gasteiger charge is 2.11. The van der Waals surface area contributed by atoms with Crippen molar-refractivity contribution in [2.24, 2.45) is 0 Å². The van der Waals surface area contributed by atoms with Crippen LogP contribution in [0.3, 0.4) is 0 Å². The van der Waals surface area contributed by atoms with Gasteiger partial charge >= 0.3 is 0 Å². The highest BCUT2D eigenvalue weighted by atomic mass is 19.3. The van der Waals surface area contributed by atoms with Crippen LogP contribution in [0.2, 0.25) is 0 Å². The molecule has 0 spiro atoms. The van der Waals surface area contributed by atoms with E-state index in [0.29, 0.717) is 11.6 Å². The Kier molecular flexibility index (Phi) is 2.80. The van der Waals surface area contributed by atoms with Gasteiger partial charge in [-0.3, -0.25) is 0 Å². The van der Waals surface area contributed by atoms with Gasteiger partial charge < -0.3 is 4.74 Å². The van der Waals surface area contributed by atoms with Gasteiger partial charge in [0.05, 0.1) is 19.0 Å². The quantitative estimate of drug-likeness (QED) is 0.804. The van der Waals surface area contributed by atoms with Crippen molar-refractivity contribution in [1.29, 1.82) is 0 Å². The largest absolute Gasteiger partial charge is 0.481 e. The van der Waals surface area contributed by atoms with Gasteiger partial charge in [-0.2, -0.15) is 5.10 Å². The molecule has 0 saturated carbocycles. The van der Waals surface area contributed by atoms with Crippen LogP contribution in [0.15, 0.2) is 30.6 Å². The van der Waals surface area contributed by atoms with Crippen LogP contribution in [0.1, 0.15) is 12.1 Å². The molecule has 0 unspecified atom stereocenters. The summed E-state index contributed by atoms with van der Waals surface area (Å²) in [7, 11) is 1.50. The van der Waals surface area contributed by atoms with E-state index in [1.807, 2.05) is 0 Å². The molecule has 0 bridgehead atoms. The first-order valence-electron chi connectivity index (χ1n) is 4.55. The predicted octanol–water partition coefficient (Wildman–Crippen LogP) is 2.21. The molecule has 0 aromatic carbocycles. The van der Waals surface area contributed by atoms with Gasteiger partial charge in [-0.1, -0.05) is 0 Å². The molecule has 0 atom stereocenters. The second-order valence-electron chi connectivity index (χ2n) is 3.04. The van der Waals surface area contributed by atoms with Gasteiger partial charge in [-0.15, -0.1) is 0 Å². The molecule has 84 valence electrons. The maximum absolute atomic E-state index is 12.3. The maximum Gasteiger partial charge on any atom is 0.282 e. The monoisotopic (exact) mass is 225 g/mol. The van der Waals surface area contributed by atoms with Gasteiger partial charge in [-0.05, 0) is 12.1 Å². The SMILES string of the molecule is COc1ccc(-n2ccc(C(F)F)n2)cn1. The Balaban J connectivity index is 2.28. The zero-order chi connectivity index (χ0) is 11.5. The third kappa shape index (κ3) is 2.00. The molecule has 0 aliphatic heterocycles. The second-order valence-corrected chi connectivity index (χ2v) is 3.04. The van der Waals surface area contributed by atoms with Crippen LogP contribution in [0.25, 0.3) is 5.69 Å². The lowest BCUT2D eigenvalue weighted by Gasteiger charge is -2.02.